The van der Waals surface area contributed by atoms with Gasteiger partial charge < -0.3 is 0 Å². The van der Waals surface area contributed by atoms with Gasteiger partial charge >= 0.3 is 0 Å². The molecule has 0 bridgehead atoms. The van der Waals surface area contributed by atoms with Gasteiger partial charge in [-0.15, -0.1) is 0 Å². The molecule has 7 nitrogen and oxygen atoms in total. The van der Waals surface area contributed by atoms with E-state index in [1.165, 1.54) is 29.7 Å². The Labute approximate surface area is 191 Å². The summed E-state index contributed by atoms with van der Waals surface area (Å²) in [4.78, 5) is 20.0. The number of thiazole rings is 1. The molecular formula is C23H24N4O3S2. The first-order chi connectivity index (χ1) is 15.2. The first-order valence-electron chi connectivity index (χ1n) is 10.2. The van der Waals surface area contributed by atoms with E-state index in [2.05, 4.69) is 17.2 Å². The molecule has 0 aliphatic carbocycles. The summed E-state index contributed by atoms with van der Waals surface area (Å²) >= 11 is 1.50. The predicted octanol–water partition coefficient (Wildman–Crippen LogP) is 3.79. The highest BCUT2D eigenvalue weighted by atomic mass is 32.2. The minimum Gasteiger partial charge on any atom is -0.286 e. The van der Waals surface area contributed by atoms with Crippen LogP contribution in [0.1, 0.15) is 16.7 Å². The SMILES string of the molecule is Cc1cc(C)c2nc(N(CCn3cccn3)C(=O)Cc3ccc(S(C)(=O)=O)cc3)sc2c1. The monoisotopic (exact) mass is 468 g/mol. The number of nitrogens with zero attached hydrogens (tertiary/aromatic N) is 4. The number of amides is 1. The fraction of sp³-hybridized carbons (Fsp3) is 0.261. The number of hydrogen-bond donors (Lipinski definition) is 0. The number of benzene rings is 2. The lowest BCUT2D eigenvalue weighted by Gasteiger charge is -2.20. The number of rotatable bonds is 7. The van der Waals surface area contributed by atoms with Crippen LogP contribution in [0.5, 0.6) is 0 Å². The Bertz CT molecular complexity index is 1360. The zero-order valence-corrected chi connectivity index (χ0v) is 19.8. The normalized spacial score (nSPS) is 11.7. The summed E-state index contributed by atoms with van der Waals surface area (Å²) in [5, 5.41) is 4.88. The third kappa shape index (κ3) is 4.89. The molecule has 4 aromatic rings. The van der Waals surface area contributed by atoms with E-state index in [4.69, 9.17) is 4.98 Å². The highest BCUT2D eigenvalue weighted by Crippen LogP contribution is 2.32. The number of aryl methyl sites for hydroxylation is 2. The number of sulfone groups is 1. The maximum absolute atomic E-state index is 13.3. The number of hydrogen-bond acceptors (Lipinski definition) is 6. The van der Waals surface area contributed by atoms with Crippen LogP contribution in [-0.4, -0.2) is 41.9 Å². The summed E-state index contributed by atoms with van der Waals surface area (Å²) in [5.74, 6) is -0.0994. The Hall–Kier alpha value is -3.04. The molecule has 1 amide bonds. The van der Waals surface area contributed by atoms with Crippen LogP contribution in [-0.2, 0) is 27.6 Å². The van der Waals surface area contributed by atoms with Gasteiger partial charge in [-0.05, 0) is 54.8 Å². The third-order valence-electron chi connectivity index (χ3n) is 5.17. The van der Waals surface area contributed by atoms with Crippen molar-refractivity contribution in [1.82, 2.24) is 14.8 Å². The van der Waals surface area contributed by atoms with Gasteiger partial charge in [0.25, 0.3) is 0 Å². The number of fused-ring (bicyclic) bond motifs is 1. The molecule has 0 atom stereocenters. The lowest BCUT2D eigenvalue weighted by Crippen LogP contribution is -2.35. The standard InChI is InChI=1S/C23H24N4O3S2/c1-16-13-17(2)22-20(14-16)31-23(25-22)27(12-11-26-10-4-9-24-26)21(28)15-18-5-7-19(8-6-18)32(3,29)30/h4-10,13-14H,11-12,15H2,1-3H3. The molecule has 0 spiro atoms. The van der Waals surface area contributed by atoms with Crippen molar-refractivity contribution in [1.29, 1.82) is 0 Å². The molecule has 32 heavy (non-hydrogen) atoms. The van der Waals surface area contributed by atoms with Crippen LogP contribution in [0.3, 0.4) is 0 Å². The van der Waals surface area contributed by atoms with E-state index in [1.807, 2.05) is 26.1 Å². The first kappa shape index (κ1) is 22.2. The van der Waals surface area contributed by atoms with Crippen LogP contribution in [0.2, 0.25) is 0 Å². The lowest BCUT2D eigenvalue weighted by atomic mass is 10.1. The summed E-state index contributed by atoms with van der Waals surface area (Å²) < 4.78 is 26.2. The molecule has 166 valence electrons. The smallest absolute Gasteiger partial charge is 0.233 e. The Kier molecular flexibility index (Phi) is 6.12. The molecule has 2 aromatic heterocycles. The molecule has 2 aromatic carbocycles. The highest BCUT2D eigenvalue weighted by Gasteiger charge is 2.21. The van der Waals surface area contributed by atoms with Gasteiger partial charge in [-0.2, -0.15) is 5.10 Å². The van der Waals surface area contributed by atoms with Gasteiger partial charge in [0.1, 0.15) is 0 Å². The van der Waals surface area contributed by atoms with Crippen molar-refractivity contribution >= 4 is 42.4 Å². The maximum atomic E-state index is 13.3. The number of carbonyl (C=O) groups excluding carboxylic acids is 1. The summed E-state index contributed by atoms with van der Waals surface area (Å²) in [7, 11) is -3.28. The van der Waals surface area contributed by atoms with Gasteiger partial charge in [0.15, 0.2) is 15.0 Å². The second-order valence-electron chi connectivity index (χ2n) is 7.83. The number of aromatic nitrogens is 3. The number of anilines is 1. The molecule has 0 fully saturated rings. The van der Waals surface area contributed by atoms with Crippen LogP contribution in [0.25, 0.3) is 10.2 Å². The molecule has 0 saturated carbocycles. The lowest BCUT2D eigenvalue weighted by molar-refractivity contribution is -0.118. The van der Waals surface area contributed by atoms with Crippen LogP contribution >= 0.6 is 11.3 Å². The zero-order valence-electron chi connectivity index (χ0n) is 18.1. The van der Waals surface area contributed by atoms with Gasteiger partial charge in [0.05, 0.1) is 28.1 Å². The zero-order chi connectivity index (χ0) is 22.9. The van der Waals surface area contributed by atoms with Crippen LogP contribution in [0.4, 0.5) is 5.13 Å². The Morgan fingerprint density at radius 1 is 1.16 bits per heavy atom. The van der Waals surface area contributed by atoms with Gasteiger partial charge in [0.2, 0.25) is 5.91 Å². The van der Waals surface area contributed by atoms with E-state index >= 15 is 0 Å². The van der Waals surface area contributed by atoms with Crippen molar-refractivity contribution < 1.29 is 13.2 Å². The molecule has 0 saturated heterocycles. The minimum atomic E-state index is -3.28. The van der Waals surface area contributed by atoms with Crippen LogP contribution < -0.4 is 4.90 Å². The Balaban J connectivity index is 1.63. The van der Waals surface area contributed by atoms with E-state index in [-0.39, 0.29) is 17.2 Å². The molecule has 9 heteroatoms. The van der Waals surface area contributed by atoms with Crippen molar-refractivity contribution in [2.24, 2.45) is 0 Å². The molecule has 0 radical (unpaired) electrons. The van der Waals surface area contributed by atoms with Gasteiger partial charge in [-0.25, -0.2) is 13.4 Å². The topological polar surface area (TPSA) is 85.2 Å². The molecule has 0 aliphatic heterocycles. The van der Waals surface area contributed by atoms with E-state index in [0.717, 1.165) is 26.9 Å². The summed E-state index contributed by atoms with van der Waals surface area (Å²) in [6, 6.07) is 12.5. The Morgan fingerprint density at radius 2 is 1.91 bits per heavy atom. The van der Waals surface area contributed by atoms with Gasteiger partial charge in [-0.3, -0.25) is 14.4 Å². The molecule has 0 unspecified atom stereocenters. The second-order valence-corrected chi connectivity index (χ2v) is 10.9. The average molecular weight is 469 g/mol. The quantitative estimate of drug-likeness (QED) is 0.412. The molecular weight excluding hydrogens is 444 g/mol. The minimum absolute atomic E-state index is 0.0994. The molecule has 2 heterocycles. The van der Waals surface area contributed by atoms with E-state index in [9.17, 15) is 13.2 Å². The van der Waals surface area contributed by atoms with Crippen molar-refractivity contribution in [2.45, 2.75) is 31.7 Å². The number of carbonyl (C=O) groups is 1. The molecule has 0 aliphatic rings. The van der Waals surface area contributed by atoms with E-state index in [0.29, 0.717) is 18.2 Å². The molecule has 4 rings (SSSR count). The summed E-state index contributed by atoms with van der Waals surface area (Å²) in [6.45, 7) is 5.05. The van der Waals surface area contributed by atoms with Crippen LogP contribution in [0.15, 0.2) is 59.8 Å². The van der Waals surface area contributed by atoms with E-state index < -0.39 is 9.84 Å². The van der Waals surface area contributed by atoms with E-state index in [1.54, 1.807) is 27.9 Å². The maximum Gasteiger partial charge on any atom is 0.233 e. The average Bonchev–Trinajstić information content (AvgIpc) is 3.38. The van der Waals surface area contributed by atoms with Crippen molar-refractivity contribution in [2.75, 3.05) is 17.7 Å². The first-order valence-corrected chi connectivity index (χ1v) is 12.9. The Morgan fingerprint density at radius 3 is 2.56 bits per heavy atom. The predicted molar refractivity (Wildman–Crippen MR) is 127 cm³/mol. The van der Waals surface area contributed by atoms with Crippen molar-refractivity contribution in [3.8, 4) is 0 Å². The third-order valence-corrected chi connectivity index (χ3v) is 7.32. The summed E-state index contributed by atoms with van der Waals surface area (Å²) in [5.41, 5.74) is 3.90. The van der Waals surface area contributed by atoms with Crippen molar-refractivity contribution in [3.05, 3.63) is 71.5 Å². The largest absolute Gasteiger partial charge is 0.286 e. The fourth-order valence-corrected chi connectivity index (χ4v) is 5.38. The van der Waals surface area contributed by atoms with Crippen LogP contribution in [0, 0.1) is 13.8 Å². The van der Waals surface area contributed by atoms with Gasteiger partial charge in [-0.1, -0.05) is 29.5 Å². The fourth-order valence-electron chi connectivity index (χ4n) is 3.56. The summed E-state index contributed by atoms with van der Waals surface area (Å²) in [6.07, 6.45) is 4.88. The highest BCUT2D eigenvalue weighted by molar-refractivity contribution is 7.90. The van der Waals surface area contributed by atoms with Gasteiger partial charge in [0, 0.05) is 25.2 Å². The second kappa shape index (κ2) is 8.84. The molecule has 0 N–H and O–H groups in total. The van der Waals surface area contributed by atoms with Crippen molar-refractivity contribution in [3.63, 3.8) is 0 Å².